The highest BCUT2D eigenvalue weighted by atomic mass is 19.1. The Morgan fingerprint density at radius 2 is 2.25 bits per heavy atom. The maximum atomic E-state index is 13.3. The Balaban J connectivity index is 2.29. The summed E-state index contributed by atoms with van der Waals surface area (Å²) in [6.45, 7) is 2.00. The molecule has 2 rings (SSSR count). The molecule has 8 heteroatoms. The predicted molar refractivity (Wildman–Crippen MR) is 65.8 cm³/mol. The summed E-state index contributed by atoms with van der Waals surface area (Å²) < 4.78 is 24.5. The number of ether oxygens (including phenoxy) is 2. The topological polar surface area (TPSA) is 79.1 Å². The maximum absolute atomic E-state index is 13.3. The molecule has 0 aliphatic heterocycles. The second-order valence-electron chi connectivity index (χ2n) is 3.84. The van der Waals surface area contributed by atoms with Gasteiger partial charge >= 0.3 is 5.97 Å². The molecule has 1 aromatic carbocycles. The van der Waals surface area contributed by atoms with Crippen LogP contribution in [0.3, 0.4) is 0 Å². The molecule has 0 N–H and O–H groups in total. The molecule has 7 nitrogen and oxygen atoms in total. The Morgan fingerprint density at radius 1 is 1.45 bits per heavy atom. The number of aromatic nitrogens is 4. The minimum absolute atomic E-state index is 0.0434. The van der Waals surface area contributed by atoms with Crippen molar-refractivity contribution in [3.63, 3.8) is 0 Å². The van der Waals surface area contributed by atoms with Crippen molar-refractivity contribution in [2.45, 2.75) is 13.5 Å². The molecular weight excluding hydrogens is 267 g/mol. The van der Waals surface area contributed by atoms with Gasteiger partial charge in [-0.2, -0.15) is 0 Å². The standard InChI is InChI=1S/C12H13FN4O3/c1-3-20-12(18)11-14-15-16-17(11)7-8-6-9(13)4-5-10(8)19-2/h4-6H,3,7H2,1-2H3. The van der Waals surface area contributed by atoms with Crippen molar-refractivity contribution in [1.29, 1.82) is 0 Å². The average molecular weight is 280 g/mol. The van der Waals surface area contributed by atoms with Gasteiger partial charge in [0.05, 0.1) is 20.3 Å². The first-order chi connectivity index (χ1) is 9.65. The fourth-order valence-electron chi connectivity index (χ4n) is 1.69. The third kappa shape index (κ3) is 2.90. The summed E-state index contributed by atoms with van der Waals surface area (Å²) in [5.74, 6) is -0.602. The Hall–Kier alpha value is -2.51. The number of esters is 1. The summed E-state index contributed by atoms with van der Waals surface area (Å²) in [7, 11) is 1.47. The van der Waals surface area contributed by atoms with Gasteiger partial charge in [-0.3, -0.25) is 0 Å². The lowest BCUT2D eigenvalue weighted by Gasteiger charge is -2.09. The van der Waals surface area contributed by atoms with E-state index in [2.05, 4.69) is 15.5 Å². The van der Waals surface area contributed by atoms with Crippen molar-refractivity contribution in [2.75, 3.05) is 13.7 Å². The van der Waals surface area contributed by atoms with Crippen LogP contribution in [0.25, 0.3) is 0 Å². The van der Waals surface area contributed by atoms with Crippen LogP contribution in [-0.4, -0.2) is 39.9 Å². The third-order valence-corrected chi connectivity index (χ3v) is 2.55. The normalized spacial score (nSPS) is 10.3. The number of nitrogens with zero attached hydrogens (tertiary/aromatic N) is 4. The first-order valence-electron chi connectivity index (χ1n) is 5.91. The van der Waals surface area contributed by atoms with E-state index in [1.54, 1.807) is 6.92 Å². The van der Waals surface area contributed by atoms with Crippen molar-refractivity contribution < 1.29 is 18.7 Å². The zero-order chi connectivity index (χ0) is 14.5. The Kier molecular flexibility index (Phi) is 4.24. The van der Waals surface area contributed by atoms with E-state index < -0.39 is 11.8 Å². The van der Waals surface area contributed by atoms with E-state index >= 15 is 0 Å². The van der Waals surface area contributed by atoms with Crippen LogP contribution in [0.1, 0.15) is 23.1 Å². The quantitative estimate of drug-likeness (QED) is 0.761. The molecule has 0 amide bonds. The molecule has 0 fully saturated rings. The molecule has 0 saturated heterocycles. The monoisotopic (exact) mass is 280 g/mol. The molecule has 20 heavy (non-hydrogen) atoms. The van der Waals surface area contributed by atoms with Crippen molar-refractivity contribution in [3.05, 3.63) is 35.4 Å². The average Bonchev–Trinajstić information content (AvgIpc) is 2.87. The van der Waals surface area contributed by atoms with Crippen LogP contribution in [0.5, 0.6) is 5.75 Å². The first-order valence-corrected chi connectivity index (χ1v) is 5.91. The van der Waals surface area contributed by atoms with E-state index in [1.165, 1.54) is 30.0 Å². The van der Waals surface area contributed by atoms with Gasteiger partial charge in [0, 0.05) is 5.56 Å². The molecule has 0 radical (unpaired) electrons. The van der Waals surface area contributed by atoms with Crippen molar-refractivity contribution >= 4 is 5.97 Å². The molecule has 0 spiro atoms. The summed E-state index contributed by atoms with van der Waals surface area (Å²) >= 11 is 0. The summed E-state index contributed by atoms with van der Waals surface area (Å²) in [5.41, 5.74) is 0.519. The van der Waals surface area contributed by atoms with Gasteiger partial charge in [-0.15, -0.1) is 5.10 Å². The van der Waals surface area contributed by atoms with E-state index in [-0.39, 0.29) is 19.0 Å². The molecule has 0 aliphatic rings. The second-order valence-corrected chi connectivity index (χ2v) is 3.84. The van der Waals surface area contributed by atoms with Gasteiger partial charge in [0.2, 0.25) is 0 Å². The first kappa shape index (κ1) is 13.9. The van der Waals surface area contributed by atoms with Gasteiger partial charge < -0.3 is 9.47 Å². The lowest BCUT2D eigenvalue weighted by atomic mass is 10.2. The predicted octanol–water partition coefficient (Wildman–Crippen LogP) is 1.05. The molecule has 0 atom stereocenters. The highest BCUT2D eigenvalue weighted by molar-refractivity contribution is 5.85. The maximum Gasteiger partial charge on any atom is 0.378 e. The zero-order valence-electron chi connectivity index (χ0n) is 11.0. The van der Waals surface area contributed by atoms with Crippen LogP contribution in [0.4, 0.5) is 4.39 Å². The van der Waals surface area contributed by atoms with Gasteiger partial charge in [0.25, 0.3) is 5.82 Å². The van der Waals surface area contributed by atoms with Crippen molar-refractivity contribution in [1.82, 2.24) is 20.2 Å². The lowest BCUT2D eigenvalue weighted by molar-refractivity contribution is 0.0505. The summed E-state index contributed by atoms with van der Waals surface area (Å²) in [6.07, 6.45) is 0. The van der Waals surface area contributed by atoms with Gasteiger partial charge in [-0.05, 0) is 35.5 Å². The van der Waals surface area contributed by atoms with Crippen molar-refractivity contribution in [3.8, 4) is 5.75 Å². The van der Waals surface area contributed by atoms with E-state index in [4.69, 9.17) is 9.47 Å². The number of rotatable bonds is 5. The largest absolute Gasteiger partial charge is 0.496 e. The molecule has 1 heterocycles. The number of benzene rings is 1. The van der Waals surface area contributed by atoms with E-state index in [0.29, 0.717) is 11.3 Å². The van der Waals surface area contributed by atoms with Crippen LogP contribution in [0.15, 0.2) is 18.2 Å². The minimum atomic E-state index is -0.632. The van der Waals surface area contributed by atoms with Crippen LogP contribution in [0.2, 0.25) is 0 Å². The third-order valence-electron chi connectivity index (χ3n) is 2.55. The van der Waals surface area contributed by atoms with Crippen LogP contribution < -0.4 is 4.74 Å². The summed E-state index contributed by atoms with van der Waals surface area (Å²) in [5, 5.41) is 10.7. The lowest BCUT2D eigenvalue weighted by Crippen LogP contribution is -2.15. The number of hydrogen-bond donors (Lipinski definition) is 0. The molecule has 0 unspecified atom stereocenters. The number of tetrazole rings is 1. The molecule has 0 aliphatic carbocycles. The molecule has 106 valence electrons. The number of carbonyl (C=O) groups is 1. The zero-order valence-corrected chi connectivity index (χ0v) is 11.0. The highest BCUT2D eigenvalue weighted by Gasteiger charge is 2.18. The fourth-order valence-corrected chi connectivity index (χ4v) is 1.69. The van der Waals surface area contributed by atoms with Crippen molar-refractivity contribution in [2.24, 2.45) is 0 Å². The van der Waals surface area contributed by atoms with Gasteiger partial charge in [-0.1, -0.05) is 0 Å². The van der Waals surface area contributed by atoms with Gasteiger partial charge in [0.1, 0.15) is 11.6 Å². The number of hydrogen-bond acceptors (Lipinski definition) is 6. The molecule has 2 aromatic rings. The van der Waals surface area contributed by atoms with Crippen LogP contribution in [0, 0.1) is 5.82 Å². The number of carbonyl (C=O) groups excluding carboxylic acids is 1. The number of methoxy groups -OCH3 is 1. The number of halogens is 1. The molecule has 1 aromatic heterocycles. The van der Waals surface area contributed by atoms with Gasteiger partial charge in [0.15, 0.2) is 0 Å². The second kappa shape index (κ2) is 6.09. The van der Waals surface area contributed by atoms with Gasteiger partial charge in [-0.25, -0.2) is 13.9 Å². The van der Waals surface area contributed by atoms with E-state index in [0.717, 1.165) is 0 Å². The minimum Gasteiger partial charge on any atom is -0.496 e. The van der Waals surface area contributed by atoms with E-state index in [1.807, 2.05) is 0 Å². The Bertz CT molecular complexity index is 614. The molecule has 0 bridgehead atoms. The highest BCUT2D eigenvalue weighted by Crippen LogP contribution is 2.20. The van der Waals surface area contributed by atoms with E-state index in [9.17, 15) is 9.18 Å². The summed E-state index contributed by atoms with van der Waals surface area (Å²) in [6, 6.07) is 4.09. The molecular formula is C12H13FN4O3. The fraction of sp³-hybridized carbons (Fsp3) is 0.333. The van der Waals surface area contributed by atoms with Crippen LogP contribution in [-0.2, 0) is 11.3 Å². The summed E-state index contributed by atoms with van der Waals surface area (Å²) in [4.78, 5) is 11.6. The van der Waals surface area contributed by atoms with Crippen LogP contribution >= 0.6 is 0 Å². The Labute approximate surface area is 114 Å². The SMILES string of the molecule is CCOC(=O)c1nnnn1Cc1cc(F)ccc1OC. The molecule has 0 saturated carbocycles. The smallest absolute Gasteiger partial charge is 0.378 e. The Morgan fingerprint density at radius 3 is 2.95 bits per heavy atom.